The van der Waals surface area contributed by atoms with Gasteiger partial charge in [-0.2, -0.15) is 4.98 Å². The molecule has 3 N–H and O–H groups in total. The molecule has 6 aliphatic heterocycles. The monoisotopic (exact) mass is 1140 g/mol. The number of anilines is 4. The zero-order valence-corrected chi connectivity index (χ0v) is 47.3. The van der Waals surface area contributed by atoms with Crippen LogP contribution in [0.25, 0.3) is 11.0 Å². The Bertz CT molecular complexity index is 3470. The van der Waals surface area contributed by atoms with Gasteiger partial charge in [0.2, 0.25) is 11.8 Å². The van der Waals surface area contributed by atoms with E-state index in [2.05, 4.69) is 83.8 Å². The van der Waals surface area contributed by atoms with Gasteiger partial charge in [-0.25, -0.2) is 18.1 Å². The molecule has 5 fully saturated rings. The number of fused-ring (bicyclic) bond motifs is 4. The molecule has 1 amide bonds. The molecule has 1 saturated carbocycles. The topological polar surface area (TPSA) is 228 Å². The molecule has 1 aliphatic carbocycles. The number of nitro benzene ring substituents is 1. The summed E-state index contributed by atoms with van der Waals surface area (Å²) in [6.07, 6.45) is 9.55. The number of nitrogens with one attached hydrogen (secondary N) is 3. The molecule has 3 aromatic heterocycles. The number of ether oxygens (including phenoxy) is 6. The van der Waals surface area contributed by atoms with Crippen LogP contribution < -0.4 is 38.8 Å². The standard InChI is InChI=1S/C60H70N10O11S/c1-37(2)80-52-7-5-4-6-44(52)51-34-66(33-38-8-11-55(76-3)62-32-38)21-22-68(51)42-30-60(31-42)16-19-67(20-17-60)41-9-10-45(48(27-41)69-47-15-25-78-36-54(47)81-59-50(69)26-40-12-18-61-57(40)64-59)58(71)65-82(74,75)43-28-49(70(72)73)56-53(29-43)79-35-46(63-56)39-13-23-77-24-14-39/h4-12,18,26-29,32,37,39,42,46-47,51,54,63H,13-17,19-25,30-31,33-36H2,1-3H3,(H,61,64)(H,65,71)/t46-,47-,51-,54-/m0/s1. The van der Waals surface area contributed by atoms with Crippen LogP contribution in [0.15, 0.2) is 96.2 Å². The lowest BCUT2D eigenvalue weighted by atomic mass is 9.59. The lowest BCUT2D eigenvalue weighted by molar-refractivity contribution is -0.384. The molecule has 3 aromatic carbocycles. The summed E-state index contributed by atoms with van der Waals surface area (Å²) >= 11 is 0. The van der Waals surface area contributed by atoms with Gasteiger partial charge < -0.3 is 48.5 Å². The summed E-state index contributed by atoms with van der Waals surface area (Å²) in [5, 5.41) is 16.7. The number of sulfonamides is 1. The van der Waals surface area contributed by atoms with E-state index in [1.807, 2.05) is 42.7 Å². The molecule has 1 spiro atoms. The summed E-state index contributed by atoms with van der Waals surface area (Å²) in [6.45, 7) is 11.3. The fourth-order valence-electron chi connectivity index (χ4n) is 13.7. The second kappa shape index (κ2) is 22.2. The van der Waals surface area contributed by atoms with Gasteiger partial charge in [-0.3, -0.25) is 24.7 Å². The van der Waals surface area contributed by atoms with E-state index in [9.17, 15) is 23.3 Å². The average Bonchev–Trinajstić information content (AvgIpc) is 1.88. The summed E-state index contributed by atoms with van der Waals surface area (Å²) < 4.78 is 67.1. The van der Waals surface area contributed by atoms with Gasteiger partial charge in [-0.15, -0.1) is 0 Å². The van der Waals surface area contributed by atoms with Gasteiger partial charge >= 0.3 is 0 Å². The van der Waals surface area contributed by atoms with E-state index in [-0.39, 0.29) is 65.8 Å². The molecule has 22 heteroatoms. The Hall–Kier alpha value is -7.24. The van der Waals surface area contributed by atoms with Gasteiger partial charge in [0, 0.05) is 112 Å². The first-order valence-corrected chi connectivity index (χ1v) is 30.3. The average molecular weight is 1140 g/mol. The lowest BCUT2D eigenvalue weighted by Gasteiger charge is -2.58. The van der Waals surface area contributed by atoms with Crippen LogP contribution >= 0.6 is 0 Å². The number of carbonyl (C=O) groups excluding carboxylic acids is 1. The number of hydrogen-bond donors (Lipinski definition) is 3. The number of piperazine rings is 1. The number of carbonyl (C=O) groups is 1. The first-order valence-electron chi connectivity index (χ1n) is 28.8. The van der Waals surface area contributed by atoms with Gasteiger partial charge in [0.1, 0.15) is 29.8 Å². The number of piperidine rings is 1. The van der Waals surface area contributed by atoms with Crippen LogP contribution in [0.2, 0.25) is 0 Å². The molecule has 0 radical (unpaired) electrons. The van der Waals surface area contributed by atoms with Gasteiger partial charge in [-0.05, 0) is 112 Å². The van der Waals surface area contributed by atoms with Crippen LogP contribution in [0.4, 0.5) is 28.4 Å². The number of aromatic nitrogens is 3. The molecule has 9 heterocycles. The molecule has 21 nitrogen and oxygen atoms in total. The zero-order chi connectivity index (χ0) is 56.3. The number of hydrogen-bond acceptors (Lipinski definition) is 18. The molecular formula is C60H70N10O11S. The smallest absolute Gasteiger partial charge is 0.297 e. The molecular weight excluding hydrogens is 1070 g/mol. The van der Waals surface area contributed by atoms with Crippen LogP contribution in [0.3, 0.4) is 0 Å². The van der Waals surface area contributed by atoms with Crippen molar-refractivity contribution in [2.75, 3.05) is 88.0 Å². The van der Waals surface area contributed by atoms with E-state index >= 15 is 0 Å². The van der Waals surface area contributed by atoms with Crippen molar-refractivity contribution in [2.24, 2.45) is 11.3 Å². The highest BCUT2D eigenvalue weighted by Crippen LogP contribution is 2.54. The SMILES string of the molecule is COc1ccc(CN2CCN(C3CC4(CCN(c5ccc(C(=O)NS(=O)(=O)c6cc7c(c([N+](=O)[O-])c6)N[C@H](C6CCOCC6)CO7)c(N6c7cc8cc[nH]c8nc7O[C@H]7COCC[C@@H]76)c5)CC4)C3)[C@H](c3ccccc3OC(C)C)C2)cn1. The molecule has 6 aromatic rings. The second-order valence-electron chi connectivity index (χ2n) is 23.4. The van der Waals surface area contributed by atoms with Crippen molar-refractivity contribution in [3.8, 4) is 23.3 Å². The molecule has 4 saturated heterocycles. The predicted molar refractivity (Wildman–Crippen MR) is 307 cm³/mol. The Kier molecular flexibility index (Phi) is 14.6. The highest BCUT2D eigenvalue weighted by atomic mass is 32.2. The molecule has 432 valence electrons. The van der Waals surface area contributed by atoms with Crippen LogP contribution in [-0.2, 0) is 26.0 Å². The number of amides is 1. The van der Waals surface area contributed by atoms with Crippen LogP contribution in [0, 0.1) is 21.4 Å². The maximum absolute atomic E-state index is 14.9. The number of methoxy groups -OCH3 is 1. The summed E-state index contributed by atoms with van der Waals surface area (Å²) in [4.78, 5) is 48.7. The molecule has 0 bridgehead atoms. The van der Waals surface area contributed by atoms with E-state index in [0.717, 1.165) is 106 Å². The van der Waals surface area contributed by atoms with Crippen LogP contribution in [0.5, 0.6) is 23.3 Å². The van der Waals surface area contributed by atoms with Crippen molar-refractivity contribution in [2.45, 2.75) is 107 Å². The van der Waals surface area contributed by atoms with Crippen molar-refractivity contribution in [1.29, 1.82) is 0 Å². The first-order chi connectivity index (χ1) is 39.8. The number of rotatable bonds is 14. The molecule has 82 heavy (non-hydrogen) atoms. The highest BCUT2D eigenvalue weighted by Gasteiger charge is 2.51. The van der Waals surface area contributed by atoms with Gasteiger partial charge in [0.15, 0.2) is 11.4 Å². The summed E-state index contributed by atoms with van der Waals surface area (Å²) in [6, 6.07) is 24.3. The number of pyridine rings is 2. The zero-order valence-electron chi connectivity index (χ0n) is 46.5. The van der Waals surface area contributed by atoms with Crippen LogP contribution in [-0.4, -0.2) is 147 Å². The third-order valence-electron chi connectivity index (χ3n) is 18.0. The molecule has 13 rings (SSSR count). The third-order valence-corrected chi connectivity index (χ3v) is 19.3. The van der Waals surface area contributed by atoms with Gasteiger partial charge in [0.25, 0.3) is 21.6 Å². The Morgan fingerprint density at radius 1 is 0.939 bits per heavy atom. The summed E-state index contributed by atoms with van der Waals surface area (Å²) in [5.74, 6) is 1.17. The molecule has 7 aliphatic rings. The van der Waals surface area contributed by atoms with Crippen molar-refractivity contribution in [3.05, 3.63) is 118 Å². The first kappa shape index (κ1) is 54.0. The summed E-state index contributed by atoms with van der Waals surface area (Å²) in [5.41, 5.74) is 4.91. The third kappa shape index (κ3) is 10.5. The van der Waals surface area contributed by atoms with Gasteiger partial charge in [0.05, 0.1) is 59.0 Å². The van der Waals surface area contributed by atoms with Crippen LogP contribution in [0.1, 0.15) is 86.3 Å². The van der Waals surface area contributed by atoms with E-state index in [1.54, 1.807) is 13.2 Å². The Morgan fingerprint density at radius 3 is 2.54 bits per heavy atom. The summed E-state index contributed by atoms with van der Waals surface area (Å²) in [7, 11) is -3.08. The minimum Gasteiger partial charge on any atom is -0.491 e. The van der Waals surface area contributed by atoms with Crippen molar-refractivity contribution >= 4 is 55.4 Å². The molecule has 0 unspecified atom stereocenters. The Morgan fingerprint density at radius 2 is 1.76 bits per heavy atom. The highest BCUT2D eigenvalue weighted by molar-refractivity contribution is 7.90. The molecule has 4 atom stereocenters. The Labute approximate surface area is 476 Å². The maximum Gasteiger partial charge on any atom is 0.297 e. The van der Waals surface area contributed by atoms with E-state index in [1.165, 1.54) is 11.6 Å². The number of benzene rings is 3. The number of para-hydroxylation sites is 1. The lowest BCUT2D eigenvalue weighted by Crippen LogP contribution is -2.59. The number of aromatic amines is 1. The van der Waals surface area contributed by atoms with E-state index in [0.29, 0.717) is 61.1 Å². The van der Waals surface area contributed by atoms with E-state index in [4.69, 9.17) is 33.4 Å². The van der Waals surface area contributed by atoms with Crippen molar-refractivity contribution in [3.63, 3.8) is 0 Å². The van der Waals surface area contributed by atoms with E-state index < -0.39 is 37.5 Å². The number of H-pyrrole nitrogens is 1. The quantitative estimate of drug-likeness (QED) is 0.0687. The normalized spacial score (nSPS) is 23.2. The second-order valence-corrected chi connectivity index (χ2v) is 25.0. The maximum atomic E-state index is 14.9. The number of nitro groups is 1. The minimum atomic E-state index is -4.72. The fraction of sp³-hybridized carbons (Fsp3) is 0.483. The van der Waals surface area contributed by atoms with Gasteiger partial charge in [-0.1, -0.05) is 24.3 Å². The van der Waals surface area contributed by atoms with Crippen molar-refractivity contribution < 1.29 is 46.6 Å². The Balaban J connectivity index is 0.771. The predicted octanol–water partition coefficient (Wildman–Crippen LogP) is 8.38. The largest absolute Gasteiger partial charge is 0.491 e. The van der Waals surface area contributed by atoms with Crippen molar-refractivity contribution in [1.82, 2.24) is 29.5 Å². The fourth-order valence-corrected chi connectivity index (χ4v) is 14.7. The minimum absolute atomic E-state index is 0.0231. The number of nitrogens with zero attached hydrogens (tertiary/aromatic N) is 7.